The Morgan fingerprint density at radius 3 is 3.15 bits per heavy atom. The monoisotopic (exact) mass is 281 g/mol. The average Bonchev–Trinajstić information content (AvgIpc) is 3.20. The average molecular weight is 281 g/mol. The molecule has 0 N–H and O–H groups in total. The van der Waals surface area contributed by atoms with Crippen molar-refractivity contribution in [1.29, 1.82) is 0 Å². The molecular weight excluding hydrogens is 262 g/mol. The van der Waals surface area contributed by atoms with Crippen molar-refractivity contribution < 1.29 is 18.8 Å². The lowest BCUT2D eigenvalue weighted by atomic mass is 10.3. The number of nitrogens with zero attached hydrogens (tertiary/aromatic N) is 3. The second kappa shape index (κ2) is 5.90. The number of likely N-dealkylation sites (tertiary alicyclic amines) is 1. The summed E-state index contributed by atoms with van der Waals surface area (Å²) in [4.78, 5) is 23.7. The van der Waals surface area contributed by atoms with E-state index in [0.717, 1.165) is 25.9 Å². The molecule has 7 heteroatoms. The van der Waals surface area contributed by atoms with Crippen LogP contribution in [-0.4, -0.2) is 60.3 Å². The van der Waals surface area contributed by atoms with Crippen molar-refractivity contribution in [2.45, 2.75) is 25.5 Å². The molecule has 1 aromatic heterocycles. The number of oxazole rings is 1. The van der Waals surface area contributed by atoms with Crippen LogP contribution in [0, 0.1) is 0 Å². The summed E-state index contributed by atoms with van der Waals surface area (Å²) in [6, 6.07) is 0. The van der Waals surface area contributed by atoms with Crippen LogP contribution in [0.15, 0.2) is 10.7 Å². The van der Waals surface area contributed by atoms with E-state index in [4.69, 9.17) is 14.0 Å². The maximum Gasteiger partial charge on any atom is 0.299 e. The van der Waals surface area contributed by atoms with Gasteiger partial charge in [-0.25, -0.2) is 10.0 Å². The van der Waals surface area contributed by atoms with E-state index in [2.05, 4.69) is 9.88 Å². The number of amides is 1. The molecule has 2 aliphatic rings. The predicted octanol–water partition coefficient (Wildman–Crippen LogP) is 0.673. The summed E-state index contributed by atoms with van der Waals surface area (Å²) in [7, 11) is 1.73. The van der Waals surface area contributed by atoms with Gasteiger partial charge in [0.15, 0.2) is 5.69 Å². The van der Waals surface area contributed by atoms with Crippen molar-refractivity contribution in [1.82, 2.24) is 14.9 Å². The van der Waals surface area contributed by atoms with Crippen molar-refractivity contribution in [3.8, 4) is 0 Å². The molecule has 1 unspecified atom stereocenters. The molecule has 0 aliphatic carbocycles. The van der Waals surface area contributed by atoms with E-state index in [0.29, 0.717) is 31.3 Å². The first-order valence-corrected chi connectivity index (χ1v) is 6.90. The van der Waals surface area contributed by atoms with Crippen LogP contribution in [0.4, 0.5) is 0 Å². The highest BCUT2D eigenvalue weighted by atomic mass is 16.7. The maximum atomic E-state index is 12.0. The van der Waals surface area contributed by atoms with Crippen molar-refractivity contribution in [2.24, 2.45) is 0 Å². The van der Waals surface area contributed by atoms with Gasteiger partial charge in [0.25, 0.3) is 5.91 Å². The van der Waals surface area contributed by atoms with Gasteiger partial charge < -0.3 is 9.15 Å². The highest BCUT2D eigenvalue weighted by Gasteiger charge is 2.26. The lowest BCUT2D eigenvalue weighted by Gasteiger charge is -2.12. The number of rotatable bonds is 4. The SMILES string of the molecule is COC1CCN(Cc2nc(C(=O)N3CCCO3)co2)C1. The zero-order valence-corrected chi connectivity index (χ0v) is 11.6. The second-order valence-electron chi connectivity index (χ2n) is 5.10. The molecule has 0 bridgehead atoms. The fraction of sp³-hybridized carbons (Fsp3) is 0.692. The molecular formula is C13H19N3O4. The molecule has 3 heterocycles. The Bertz CT molecular complexity index is 470. The summed E-state index contributed by atoms with van der Waals surface area (Å²) >= 11 is 0. The Hall–Kier alpha value is -1.44. The third-order valence-corrected chi connectivity index (χ3v) is 3.67. The number of hydroxylamine groups is 2. The number of ether oxygens (including phenoxy) is 1. The second-order valence-corrected chi connectivity index (χ2v) is 5.10. The minimum Gasteiger partial charge on any atom is -0.447 e. The van der Waals surface area contributed by atoms with Gasteiger partial charge in [0.05, 0.1) is 25.8 Å². The van der Waals surface area contributed by atoms with Gasteiger partial charge >= 0.3 is 0 Å². The minimum absolute atomic E-state index is 0.228. The summed E-state index contributed by atoms with van der Waals surface area (Å²) in [6.45, 7) is 3.64. The van der Waals surface area contributed by atoms with E-state index < -0.39 is 0 Å². The summed E-state index contributed by atoms with van der Waals surface area (Å²) in [5.41, 5.74) is 0.310. The highest BCUT2D eigenvalue weighted by Crippen LogP contribution is 2.16. The maximum absolute atomic E-state index is 12.0. The molecule has 2 saturated heterocycles. The lowest BCUT2D eigenvalue weighted by Crippen LogP contribution is -2.27. The quantitative estimate of drug-likeness (QED) is 0.808. The van der Waals surface area contributed by atoms with Crippen molar-refractivity contribution >= 4 is 5.91 Å². The smallest absolute Gasteiger partial charge is 0.299 e. The molecule has 20 heavy (non-hydrogen) atoms. The van der Waals surface area contributed by atoms with Crippen molar-refractivity contribution in [2.75, 3.05) is 33.4 Å². The van der Waals surface area contributed by atoms with Crippen LogP contribution in [-0.2, 0) is 16.1 Å². The number of methoxy groups -OCH3 is 1. The standard InChI is InChI=1S/C13H19N3O4/c1-18-10-3-5-15(7-10)8-12-14-11(9-19-12)13(17)16-4-2-6-20-16/h9-10H,2-8H2,1H3. The highest BCUT2D eigenvalue weighted by molar-refractivity contribution is 5.91. The van der Waals surface area contributed by atoms with Crippen LogP contribution in [0.25, 0.3) is 0 Å². The molecule has 3 rings (SSSR count). The summed E-state index contributed by atoms with van der Waals surface area (Å²) in [5, 5.41) is 1.35. The number of carbonyl (C=O) groups is 1. The van der Waals surface area contributed by atoms with Gasteiger partial charge in [-0.3, -0.25) is 14.5 Å². The van der Waals surface area contributed by atoms with E-state index in [-0.39, 0.29) is 12.0 Å². The summed E-state index contributed by atoms with van der Waals surface area (Å²) in [5.74, 6) is 0.331. The molecule has 0 spiro atoms. The molecule has 0 radical (unpaired) electrons. The molecule has 0 aromatic carbocycles. The molecule has 1 amide bonds. The van der Waals surface area contributed by atoms with Crippen LogP contribution in [0.3, 0.4) is 0 Å². The van der Waals surface area contributed by atoms with Crippen LogP contribution in [0.2, 0.25) is 0 Å². The normalized spacial score (nSPS) is 23.6. The molecule has 1 atom stereocenters. The van der Waals surface area contributed by atoms with Crippen LogP contribution < -0.4 is 0 Å². The minimum atomic E-state index is -0.228. The molecule has 0 saturated carbocycles. The van der Waals surface area contributed by atoms with Gasteiger partial charge in [-0.2, -0.15) is 0 Å². The van der Waals surface area contributed by atoms with E-state index in [1.165, 1.54) is 11.3 Å². The zero-order chi connectivity index (χ0) is 13.9. The fourth-order valence-electron chi connectivity index (χ4n) is 2.54. The molecule has 1 aromatic rings. The van der Waals surface area contributed by atoms with Gasteiger partial charge in [-0.05, 0) is 12.8 Å². The number of hydrogen-bond donors (Lipinski definition) is 0. The van der Waals surface area contributed by atoms with Gasteiger partial charge in [0.2, 0.25) is 5.89 Å². The van der Waals surface area contributed by atoms with E-state index >= 15 is 0 Å². The Morgan fingerprint density at radius 2 is 2.45 bits per heavy atom. The molecule has 7 nitrogen and oxygen atoms in total. The van der Waals surface area contributed by atoms with Crippen LogP contribution >= 0.6 is 0 Å². The molecule has 2 aliphatic heterocycles. The topological polar surface area (TPSA) is 68.0 Å². The first kappa shape index (κ1) is 13.5. The third-order valence-electron chi connectivity index (χ3n) is 3.67. The van der Waals surface area contributed by atoms with E-state index in [1.54, 1.807) is 7.11 Å². The lowest BCUT2D eigenvalue weighted by molar-refractivity contribution is -0.0771. The largest absolute Gasteiger partial charge is 0.447 e. The van der Waals surface area contributed by atoms with Crippen molar-refractivity contribution in [3.63, 3.8) is 0 Å². The first-order valence-electron chi connectivity index (χ1n) is 6.90. The van der Waals surface area contributed by atoms with Gasteiger partial charge in [-0.15, -0.1) is 0 Å². The predicted molar refractivity (Wildman–Crippen MR) is 68.8 cm³/mol. The van der Waals surface area contributed by atoms with Gasteiger partial charge in [0.1, 0.15) is 6.26 Å². The third kappa shape index (κ3) is 2.84. The Morgan fingerprint density at radius 1 is 1.55 bits per heavy atom. The summed E-state index contributed by atoms with van der Waals surface area (Å²) < 4.78 is 10.7. The van der Waals surface area contributed by atoms with Crippen LogP contribution in [0.1, 0.15) is 29.2 Å². The summed E-state index contributed by atoms with van der Waals surface area (Å²) in [6.07, 6.45) is 3.57. The van der Waals surface area contributed by atoms with E-state index in [9.17, 15) is 4.79 Å². The number of carbonyl (C=O) groups excluding carboxylic acids is 1. The molecule has 110 valence electrons. The van der Waals surface area contributed by atoms with Gasteiger partial charge in [0, 0.05) is 20.2 Å². The zero-order valence-electron chi connectivity index (χ0n) is 11.6. The number of aromatic nitrogens is 1. The van der Waals surface area contributed by atoms with E-state index in [1.807, 2.05) is 0 Å². The van der Waals surface area contributed by atoms with Crippen molar-refractivity contribution in [3.05, 3.63) is 17.8 Å². The molecule has 2 fully saturated rings. The first-order chi connectivity index (χ1) is 9.76. The Labute approximate surface area is 117 Å². The number of hydrogen-bond acceptors (Lipinski definition) is 6. The van der Waals surface area contributed by atoms with Gasteiger partial charge in [-0.1, -0.05) is 0 Å². The Balaban J connectivity index is 1.58. The fourth-order valence-corrected chi connectivity index (χ4v) is 2.54. The Kier molecular flexibility index (Phi) is 4.00. The van der Waals surface area contributed by atoms with Crippen LogP contribution in [0.5, 0.6) is 0 Å².